The van der Waals surface area contributed by atoms with Gasteiger partial charge in [-0.1, -0.05) is 36.4 Å². The summed E-state index contributed by atoms with van der Waals surface area (Å²) in [6, 6.07) is 15.8. The Morgan fingerprint density at radius 1 is 0.952 bits per heavy atom. The van der Waals surface area contributed by atoms with Crippen LogP contribution in [0.4, 0.5) is 5.69 Å². The molecular formula is C16H14N2O2S. The van der Waals surface area contributed by atoms with Gasteiger partial charge in [-0.3, -0.25) is 4.98 Å². The largest absolute Gasteiger partial charge is 0.386 e. The molecule has 4 nitrogen and oxygen atoms in total. The van der Waals surface area contributed by atoms with Crippen LogP contribution >= 0.6 is 0 Å². The van der Waals surface area contributed by atoms with E-state index in [4.69, 9.17) is 0 Å². The minimum Gasteiger partial charge on any atom is -0.386 e. The van der Waals surface area contributed by atoms with Gasteiger partial charge in [-0.05, 0) is 18.2 Å². The smallest absolute Gasteiger partial charge is 0.210 e. The molecule has 3 aromatic rings. The first-order valence-electron chi connectivity index (χ1n) is 6.50. The first-order chi connectivity index (χ1) is 10.1. The number of anilines is 1. The summed E-state index contributed by atoms with van der Waals surface area (Å²) < 4.78 is 25.6. The molecule has 0 radical (unpaired) electrons. The van der Waals surface area contributed by atoms with Crippen LogP contribution in [-0.2, 0) is 9.84 Å². The second kappa shape index (κ2) is 5.18. The Morgan fingerprint density at radius 3 is 2.33 bits per heavy atom. The summed E-state index contributed by atoms with van der Waals surface area (Å²) in [6.07, 6.45) is 1.41. The number of pyridine rings is 1. The molecule has 0 unspecified atom stereocenters. The zero-order valence-corrected chi connectivity index (χ0v) is 12.3. The lowest BCUT2D eigenvalue weighted by Gasteiger charge is -2.12. The van der Waals surface area contributed by atoms with E-state index in [-0.39, 0.29) is 9.79 Å². The van der Waals surface area contributed by atoms with E-state index in [0.29, 0.717) is 5.69 Å². The SMILES string of the molecule is CNc1c(S(=O)(=O)c2ccccc2)cnc2ccccc12. The van der Waals surface area contributed by atoms with Gasteiger partial charge >= 0.3 is 0 Å². The van der Waals surface area contributed by atoms with Crippen LogP contribution in [0.5, 0.6) is 0 Å². The summed E-state index contributed by atoms with van der Waals surface area (Å²) in [6.45, 7) is 0. The first-order valence-corrected chi connectivity index (χ1v) is 7.98. The highest BCUT2D eigenvalue weighted by atomic mass is 32.2. The number of hydrogen-bond donors (Lipinski definition) is 1. The van der Waals surface area contributed by atoms with Gasteiger partial charge in [0.1, 0.15) is 4.90 Å². The fourth-order valence-corrected chi connectivity index (χ4v) is 3.75. The van der Waals surface area contributed by atoms with Gasteiger partial charge in [0, 0.05) is 18.6 Å². The third-order valence-corrected chi connectivity index (χ3v) is 5.12. The Morgan fingerprint density at radius 2 is 1.62 bits per heavy atom. The number of benzene rings is 2. The van der Waals surface area contributed by atoms with Gasteiger partial charge in [0.05, 0.1) is 16.1 Å². The van der Waals surface area contributed by atoms with Crippen LogP contribution in [0.1, 0.15) is 0 Å². The zero-order chi connectivity index (χ0) is 14.9. The molecule has 0 saturated heterocycles. The number of aromatic nitrogens is 1. The molecule has 0 aliphatic carbocycles. The van der Waals surface area contributed by atoms with E-state index in [0.717, 1.165) is 10.9 Å². The minimum absolute atomic E-state index is 0.190. The molecule has 0 saturated carbocycles. The van der Waals surface area contributed by atoms with E-state index in [9.17, 15) is 8.42 Å². The Hall–Kier alpha value is -2.40. The number of rotatable bonds is 3. The zero-order valence-electron chi connectivity index (χ0n) is 11.4. The van der Waals surface area contributed by atoms with E-state index in [1.807, 2.05) is 24.3 Å². The van der Waals surface area contributed by atoms with Crippen LogP contribution in [0.15, 0.2) is 70.6 Å². The number of para-hydroxylation sites is 1. The second-order valence-corrected chi connectivity index (χ2v) is 6.50. The van der Waals surface area contributed by atoms with Gasteiger partial charge in [0.15, 0.2) is 0 Å². The van der Waals surface area contributed by atoms with Gasteiger partial charge in [0.25, 0.3) is 0 Å². The van der Waals surface area contributed by atoms with Crippen molar-refractivity contribution >= 4 is 26.4 Å². The van der Waals surface area contributed by atoms with Crippen molar-refractivity contribution in [2.75, 3.05) is 12.4 Å². The molecule has 3 rings (SSSR count). The number of hydrogen-bond acceptors (Lipinski definition) is 4. The van der Waals surface area contributed by atoms with E-state index < -0.39 is 9.84 Å². The van der Waals surface area contributed by atoms with E-state index in [2.05, 4.69) is 10.3 Å². The third-order valence-electron chi connectivity index (χ3n) is 3.33. The molecule has 106 valence electrons. The minimum atomic E-state index is -3.60. The highest BCUT2D eigenvalue weighted by molar-refractivity contribution is 7.91. The summed E-state index contributed by atoms with van der Waals surface area (Å²) in [5, 5.41) is 3.78. The molecule has 0 bridgehead atoms. The van der Waals surface area contributed by atoms with Crippen molar-refractivity contribution in [1.82, 2.24) is 4.98 Å². The van der Waals surface area contributed by atoms with Crippen molar-refractivity contribution in [3.05, 3.63) is 60.8 Å². The molecule has 5 heteroatoms. The summed E-state index contributed by atoms with van der Waals surface area (Å²) in [5.74, 6) is 0. The van der Waals surface area contributed by atoms with Crippen molar-refractivity contribution in [3.63, 3.8) is 0 Å². The normalized spacial score (nSPS) is 11.5. The lowest BCUT2D eigenvalue weighted by atomic mass is 10.2. The number of nitrogens with one attached hydrogen (secondary N) is 1. The molecule has 0 spiro atoms. The molecule has 0 fully saturated rings. The van der Waals surface area contributed by atoms with Gasteiger partial charge in [-0.25, -0.2) is 8.42 Å². The molecule has 1 heterocycles. The van der Waals surface area contributed by atoms with Crippen molar-refractivity contribution in [2.45, 2.75) is 9.79 Å². The summed E-state index contributed by atoms with van der Waals surface area (Å²) >= 11 is 0. The van der Waals surface area contributed by atoms with E-state index in [1.165, 1.54) is 6.20 Å². The average molecular weight is 298 g/mol. The summed E-state index contributed by atoms with van der Waals surface area (Å²) in [5.41, 5.74) is 1.33. The lowest BCUT2D eigenvalue weighted by Crippen LogP contribution is -2.07. The summed E-state index contributed by atoms with van der Waals surface area (Å²) in [7, 11) is -1.88. The highest BCUT2D eigenvalue weighted by Crippen LogP contribution is 2.32. The molecule has 2 aromatic carbocycles. The van der Waals surface area contributed by atoms with E-state index in [1.54, 1.807) is 37.4 Å². The quantitative estimate of drug-likeness (QED) is 0.807. The fraction of sp³-hybridized carbons (Fsp3) is 0.0625. The van der Waals surface area contributed by atoms with Crippen LogP contribution in [0.3, 0.4) is 0 Å². The topological polar surface area (TPSA) is 59.1 Å². The van der Waals surface area contributed by atoms with Crippen LogP contribution < -0.4 is 5.32 Å². The maximum Gasteiger partial charge on any atom is 0.210 e. The summed E-state index contributed by atoms with van der Waals surface area (Å²) in [4.78, 5) is 4.71. The third kappa shape index (κ3) is 2.25. The Balaban J connectivity index is 2.30. The molecule has 0 atom stereocenters. The molecule has 0 aliphatic heterocycles. The van der Waals surface area contributed by atoms with Crippen molar-refractivity contribution in [2.24, 2.45) is 0 Å². The number of fused-ring (bicyclic) bond motifs is 1. The van der Waals surface area contributed by atoms with Gasteiger partial charge in [0.2, 0.25) is 9.84 Å². The monoisotopic (exact) mass is 298 g/mol. The number of nitrogens with zero attached hydrogens (tertiary/aromatic N) is 1. The molecule has 1 aromatic heterocycles. The fourth-order valence-electron chi connectivity index (χ4n) is 2.31. The van der Waals surface area contributed by atoms with Gasteiger partial charge < -0.3 is 5.32 Å². The molecule has 0 aliphatic rings. The van der Waals surface area contributed by atoms with Crippen molar-refractivity contribution < 1.29 is 8.42 Å². The van der Waals surface area contributed by atoms with Crippen LogP contribution in [0.25, 0.3) is 10.9 Å². The maximum absolute atomic E-state index is 12.8. The van der Waals surface area contributed by atoms with Gasteiger partial charge in [-0.15, -0.1) is 0 Å². The predicted molar refractivity (Wildman–Crippen MR) is 83.2 cm³/mol. The first kappa shape index (κ1) is 13.6. The molecule has 1 N–H and O–H groups in total. The van der Waals surface area contributed by atoms with Crippen LogP contribution in [0.2, 0.25) is 0 Å². The standard InChI is InChI=1S/C16H14N2O2S/c1-17-16-13-9-5-6-10-14(13)18-11-15(16)21(19,20)12-7-3-2-4-8-12/h2-11H,1H3,(H,17,18). The molecule has 0 amide bonds. The molecule has 21 heavy (non-hydrogen) atoms. The Labute approximate surface area is 123 Å². The lowest BCUT2D eigenvalue weighted by molar-refractivity contribution is 0.596. The van der Waals surface area contributed by atoms with Crippen LogP contribution in [-0.4, -0.2) is 20.4 Å². The number of sulfone groups is 1. The van der Waals surface area contributed by atoms with Gasteiger partial charge in [-0.2, -0.15) is 0 Å². The predicted octanol–water partition coefficient (Wildman–Crippen LogP) is 3.11. The Bertz CT molecular complexity index is 891. The van der Waals surface area contributed by atoms with Crippen molar-refractivity contribution in [3.8, 4) is 0 Å². The average Bonchev–Trinajstić information content (AvgIpc) is 2.54. The van der Waals surface area contributed by atoms with Crippen molar-refractivity contribution in [1.29, 1.82) is 0 Å². The highest BCUT2D eigenvalue weighted by Gasteiger charge is 2.22. The van der Waals surface area contributed by atoms with Crippen LogP contribution in [0, 0.1) is 0 Å². The Kier molecular flexibility index (Phi) is 3.35. The second-order valence-electron chi connectivity index (χ2n) is 4.58. The van der Waals surface area contributed by atoms with E-state index >= 15 is 0 Å². The maximum atomic E-state index is 12.8. The molecular weight excluding hydrogens is 284 g/mol.